The number of anilines is 3. The highest BCUT2D eigenvalue weighted by Crippen LogP contribution is 2.46. The number of fused-ring (bicyclic) bond motifs is 7. The molecule has 0 aliphatic rings. The molecule has 0 spiro atoms. The van der Waals surface area contributed by atoms with Crippen LogP contribution in [0.4, 0.5) is 17.1 Å². The van der Waals surface area contributed by atoms with Gasteiger partial charge in [-0.25, -0.2) is 0 Å². The lowest BCUT2D eigenvalue weighted by molar-refractivity contribution is 0.673. The van der Waals surface area contributed by atoms with Crippen molar-refractivity contribution in [3.8, 4) is 16.8 Å². The summed E-state index contributed by atoms with van der Waals surface area (Å²) in [7, 11) is 0. The van der Waals surface area contributed by atoms with Crippen molar-refractivity contribution in [1.82, 2.24) is 4.57 Å². The Bertz CT molecular complexity index is 2420. The summed E-state index contributed by atoms with van der Waals surface area (Å²) in [4.78, 5) is 2.28. The first kappa shape index (κ1) is 25.4. The molecule has 0 atom stereocenters. The Morgan fingerprint density at radius 2 is 1.02 bits per heavy atom. The molecule has 2 aromatic heterocycles. The van der Waals surface area contributed by atoms with E-state index in [2.05, 4.69) is 179 Å². The molecule has 45 heavy (non-hydrogen) atoms. The van der Waals surface area contributed by atoms with Crippen LogP contribution in [0.25, 0.3) is 60.6 Å². The molecule has 212 valence electrons. The van der Waals surface area contributed by atoms with Gasteiger partial charge in [-0.05, 0) is 60.2 Å². The van der Waals surface area contributed by atoms with E-state index >= 15 is 0 Å². The predicted octanol–water partition coefficient (Wildman–Crippen LogP) is 11.8. The molecule has 3 nitrogen and oxygen atoms in total. The minimum absolute atomic E-state index is 0.868. The Kier molecular flexibility index (Phi) is 5.82. The van der Waals surface area contributed by atoms with Crippen LogP contribution >= 0.6 is 0 Å². The van der Waals surface area contributed by atoms with Gasteiger partial charge in [0.1, 0.15) is 5.58 Å². The third kappa shape index (κ3) is 3.98. The highest BCUT2D eigenvalue weighted by Gasteiger charge is 2.23. The summed E-state index contributed by atoms with van der Waals surface area (Å²) in [6, 6.07) is 59.9. The molecule has 0 fully saturated rings. The fraction of sp³-hybridized carbons (Fsp3) is 0. The summed E-state index contributed by atoms with van der Waals surface area (Å²) >= 11 is 0. The van der Waals surface area contributed by atoms with Gasteiger partial charge in [0, 0.05) is 38.8 Å². The molecule has 0 aliphatic heterocycles. The van der Waals surface area contributed by atoms with Crippen molar-refractivity contribution >= 4 is 60.8 Å². The maximum absolute atomic E-state index is 7.07. The van der Waals surface area contributed by atoms with E-state index in [0.717, 1.165) is 55.6 Å². The van der Waals surface area contributed by atoms with Crippen LogP contribution in [-0.4, -0.2) is 4.57 Å². The fourth-order valence-electron chi connectivity index (χ4n) is 6.84. The van der Waals surface area contributed by atoms with E-state index in [-0.39, 0.29) is 0 Å². The molecule has 0 amide bonds. The Morgan fingerprint density at radius 1 is 0.444 bits per heavy atom. The van der Waals surface area contributed by atoms with Crippen LogP contribution in [0.3, 0.4) is 0 Å². The maximum Gasteiger partial charge on any atom is 0.159 e. The monoisotopic (exact) mass is 576 g/mol. The molecule has 9 rings (SSSR count). The summed E-state index contributed by atoms with van der Waals surface area (Å²) in [6.45, 7) is 0. The van der Waals surface area contributed by atoms with Crippen molar-refractivity contribution in [3.63, 3.8) is 0 Å². The molecule has 0 saturated heterocycles. The van der Waals surface area contributed by atoms with Crippen LogP contribution in [0.5, 0.6) is 0 Å². The summed E-state index contributed by atoms with van der Waals surface area (Å²) in [5, 5.41) is 4.50. The van der Waals surface area contributed by atoms with E-state index in [1.165, 1.54) is 22.0 Å². The van der Waals surface area contributed by atoms with E-state index in [9.17, 15) is 0 Å². The van der Waals surface area contributed by atoms with Gasteiger partial charge in [-0.2, -0.15) is 0 Å². The number of benzene rings is 7. The zero-order valence-corrected chi connectivity index (χ0v) is 24.5. The molecule has 0 radical (unpaired) electrons. The molecule has 0 N–H and O–H groups in total. The number of rotatable bonds is 5. The van der Waals surface area contributed by atoms with Crippen molar-refractivity contribution in [2.45, 2.75) is 0 Å². The van der Waals surface area contributed by atoms with Crippen molar-refractivity contribution in [3.05, 3.63) is 170 Å². The van der Waals surface area contributed by atoms with Crippen LogP contribution in [0.15, 0.2) is 174 Å². The number of nitrogens with zero attached hydrogens (tertiary/aromatic N) is 2. The first-order valence-electron chi connectivity index (χ1n) is 15.3. The third-order valence-corrected chi connectivity index (χ3v) is 8.76. The fourth-order valence-corrected chi connectivity index (χ4v) is 6.84. The smallest absolute Gasteiger partial charge is 0.159 e. The van der Waals surface area contributed by atoms with E-state index in [4.69, 9.17) is 4.42 Å². The summed E-state index contributed by atoms with van der Waals surface area (Å²) < 4.78 is 9.46. The highest BCUT2D eigenvalue weighted by molar-refractivity contribution is 6.26. The van der Waals surface area contributed by atoms with E-state index in [1.54, 1.807) is 0 Å². The Hall–Kier alpha value is -6.06. The van der Waals surface area contributed by atoms with Crippen LogP contribution in [0, 0.1) is 0 Å². The van der Waals surface area contributed by atoms with E-state index in [1.807, 2.05) is 0 Å². The number of para-hydroxylation sites is 5. The molecule has 9 aromatic rings. The molecular formula is C42H28N2O. The molecule has 0 saturated carbocycles. The molecule has 0 bridgehead atoms. The first-order chi connectivity index (χ1) is 22.4. The minimum Gasteiger partial charge on any atom is -0.453 e. The zero-order chi connectivity index (χ0) is 29.7. The first-order valence-corrected chi connectivity index (χ1v) is 15.3. The quantitative estimate of drug-likeness (QED) is 0.203. The minimum atomic E-state index is 0.868. The van der Waals surface area contributed by atoms with Crippen LogP contribution in [0.2, 0.25) is 0 Å². The van der Waals surface area contributed by atoms with Gasteiger partial charge < -0.3 is 13.9 Å². The molecule has 7 aromatic carbocycles. The Labute approximate surface area is 260 Å². The normalized spacial score (nSPS) is 11.6. The van der Waals surface area contributed by atoms with Crippen LogP contribution < -0.4 is 4.90 Å². The van der Waals surface area contributed by atoms with Gasteiger partial charge in [-0.1, -0.05) is 115 Å². The van der Waals surface area contributed by atoms with Crippen molar-refractivity contribution in [2.75, 3.05) is 4.90 Å². The lowest BCUT2D eigenvalue weighted by atomic mass is 10.0. The van der Waals surface area contributed by atoms with Gasteiger partial charge >= 0.3 is 0 Å². The highest BCUT2D eigenvalue weighted by atomic mass is 16.3. The third-order valence-electron chi connectivity index (χ3n) is 8.76. The molecule has 3 heteroatoms. The second-order valence-electron chi connectivity index (χ2n) is 11.3. The second kappa shape index (κ2) is 10.3. The van der Waals surface area contributed by atoms with Gasteiger partial charge in [-0.3, -0.25) is 0 Å². The molecule has 2 heterocycles. The number of furan rings is 1. The van der Waals surface area contributed by atoms with Gasteiger partial charge in [0.05, 0.1) is 22.1 Å². The van der Waals surface area contributed by atoms with Crippen LogP contribution in [0.1, 0.15) is 0 Å². The lowest BCUT2D eigenvalue weighted by Gasteiger charge is -2.25. The summed E-state index contributed by atoms with van der Waals surface area (Å²) in [5.74, 6) is 0. The number of aromatic nitrogens is 1. The van der Waals surface area contributed by atoms with Gasteiger partial charge in [0.15, 0.2) is 5.58 Å². The Balaban J connectivity index is 1.40. The molecule has 0 unspecified atom stereocenters. The average molecular weight is 577 g/mol. The average Bonchev–Trinajstić information content (AvgIpc) is 3.67. The predicted molar refractivity (Wildman–Crippen MR) is 188 cm³/mol. The van der Waals surface area contributed by atoms with Gasteiger partial charge in [0.25, 0.3) is 0 Å². The largest absolute Gasteiger partial charge is 0.453 e. The van der Waals surface area contributed by atoms with Crippen molar-refractivity contribution in [2.24, 2.45) is 0 Å². The summed E-state index contributed by atoms with van der Waals surface area (Å²) in [5.41, 5.74) is 10.7. The topological polar surface area (TPSA) is 21.3 Å². The zero-order valence-electron chi connectivity index (χ0n) is 24.5. The molecule has 0 aliphatic carbocycles. The number of hydrogen-bond acceptors (Lipinski definition) is 2. The van der Waals surface area contributed by atoms with Crippen molar-refractivity contribution in [1.29, 1.82) is 0 Å². The molecular weight excluding hydrogens is 548 g/mol. The standard InChI is InChI=1S/C42H28N2O/c1-5-15-29(16-6-1)33-23-13-25-36-39-37(44(40(33)36)32-21-11-4-12-22-32)28-27-35-34-24-14-26-38(41(34)45-42(35)39)43(30-17-7-2-8-18-30)31-19-9-3-10-20-31/h1-28H. The lowest BCUT2D eigenvalue weighted by Crippen LogP contribution is -2.09. The second-order valence-corrected chi connectivity index (χ2v) is 11.3. The van der Waals surface area contributed by atoms with Gasteiger partial charge in [-0.15, -0.1) is 0 Å². The Morgan fingerprint density at radius 3 is 1.71 bits per heavy atom. The summed E-state index contributed by atoms with van der Waals surface area (Å²) in [6.07, 6.45) is 0. The van der Waals surface area contributed by atoms with E-state index in [0.29, 0.717) is 0 Å². The van der Waals surface area contributed by atoms with E-state index < -0.39 is 0 Å². The van der Waals surface area contributed by atoms with Crippen molar-refractivity contribution < 1.29 is 4.42 Å². The SMILES string of the molecule is c1ccc(-c2cccc3c4c5oc6c(N(c7ccccc7)c7ccccc7)cccc6c5ccc4n(-c4ccccc4)c23)cc1. The van der Waals surface area contributed by atoms with Crippen LogP contribution in [-0.2, 0) is 0 Å². The maximum atomic E-state index is 7.07. The van der Waals surface area contributed by atoms with Gasteiger partial charge in [0.2, 0.25) is 0 Å². The number of hydrogen-bond donors (Lipinski definition) is 0.